The van der Waals surface area contributed by atoms with Gasteiger partial charge >= 0.3 is 5.97 Å². The van der Waals surface area contributed by atoms with Gasteiger partial charge in [-0.3, -0.25) is 9.69 Å². The van der Waals surface area contributed by atoms with Crippen LogP contribution in [-0.2, 0) is 18.8 Å². The van der Waals surface area contributed by atoms with E-state index in [-0.39, 0.29) is 28.3 Å². The Hall–Kier alpha value is -0.443. The molecule has 0 spiro atoms. The molecular weight excluding hydrogens is 362 g/mol. The molecule has 2 rings (SSSR count). The second-order valence-corrected chi connectivity index (χ2v) is 15.1. The Labute approximate surface area is 153 Å². The van der Waals surface area contributed by atoms with Gasteiger partial charge in [0.15, 0.2) is 8.32 Å². The van der Waals surface area contributed by atoms with Crippen molar-refractivity contribution in [1.29, 1.82) is 0 Å². The molecular formula is C16H27NO4S2Si. The van der Waals surface area contributed by atoms with Crippen LogP contribution in [0, 0.1) is 5.92 Å². The first-order chi connectivity index (χ1) is 10.9. The van der Waals surface area contributed by atoms with Crippen molar-refractivity contribution in [3.05, 3.63) is 10.6 Å². The molecule has 2 heterocycles. The SMILES string of the molecule is COC(=O)C1=C(C)SS[C@@H]2[C@@H]([C@@H](C)O[Si](C)(C)C(C)(C)C)C(=O)N12. The van der Waals surface area contributed by atoms with Crippen LogP contribution in [0.2, 0.25) is 18.1 Å². The van der Waals surface area contributed by atoms with E-state index in [0.717, 1.165) is 4.91 Å². The van der Waals surface area contributed by atoms with Crippen molar-refractivity contribution < 1.29 is 18.8 Å². The van der Waals surface area contributed by atoms with Crippen LogP contribution >= 0.6 is 21.6 Å². The third-order valence-electron chi connectivity index (χ3n) is 5.10. The van der Waals surface area contributed by atoms with Crippen molar-refractivity contribution >= 4 is 41.8 Å². The number of carbonyl (C=O) groups excluding carboxylic acids is 2. The average molecular weight is 390 g/mol. The van der Waals surface area contributed by atoms with E-state index in [1.54, 1.807) is 15.7 Å². The van der Waals surface area contributed by atoms with Gasteiger partial charge in [0.1, 0.15) is 11.1 Å². The molecule has 0 aromatic heterocycles. The number of esters is 1. The Morgan fingerprint density at radius 2 is 1.92 bits per heavy atom. The molecule has 8 heteroatoms. The number of carbonyl (C=O) groups is 2. The van der Waals surface area contributed by atoms with Crippen LogP contribution < -0.4 is 0 Å². The van der Waals surface area contributed by atoms with Crippen LogP contribution in [0.15, 0.2) is 10.6 Å². The summed E-state index contributed by atoms with van der Waals surface area (Å²) in [6, 6.07) is 0. The van der Waals surface area contributed by atoms with Gasteiger partial charge in [0.05, 0.1) is 19.1 Å². The van der Waals surface area contributed by atoms with E-state index in [1.807, 2.05) is 13.8 Å². The Bertz CT molecular complexity index is 585. The molecule has 136 valence electrons. The quantitative estimate of drug-likeness (QED) is 0.314. The van der Waals surface area contributed by atoms with Crippen LogP contribution in [0.4, 0.5) is 0 Å². The summed E-state index contributed by atoms with van der Waals surface area (Å²) in [5, 5.41) is 0.0237. The minimum Gasteiger partial charge on any atom is -0.464 e. The van der Waals surface area contributed by atoms with Gasteiger partial charge in [-0.2, -0.15) is 0 Å². The number of rotatable bonds is 4. The highest BCUT2D eigenvalue weighted by Gasteiger charge is 2.57. The van der Waals surface area contributed by atoms with Crippen molar-refractivity contribution in [3.63, 3.8) is 0 Å². The molecule has 5 nitrogen and oxygen atoms in total. The lowest BCUT2D eigenvalue weighted by Gasteiger charge is -2.52. The number of nitrogens with zero attached hydrogens (tertiary/aromatic N) is 1. The minimum absolute atomic E-state index is 0.0428. The number of ether oxygens (including phenoxy) is 1. The minimum atomic E-state index is -1.95. The smallest absolute Gasteiger partial charge is 0.355 e. The highest BCUT2D eigenvalue weighted by atomic mass is 33.1. The highest BCUT2D eigenvalue weighted by Crippen LogP contribution is 2.53. The van der Waals surface area contributed by atoms with Crippen molar-refractivity contribution in [1.82, 2.24) is 4.90 Å². The molecule has 24 heavy (non-hydrogen) atoms. The van der Waals surface area contributed by atoms with E-state index in [4.69, 9.17) is 9.16 Å². The van der Waals surface area contributed by atoms with E-state index in [2.05, 4.69) is 33.9 Å². The molecule has 3 atom stereocenters. The standard InChI is InChI=1S/C16H27NO4S2Si/c1-9(21-24(7,8)16(3,4)5)11-13(18)17-12(15(19)20-6)10(2)22-23-14(11)17/h9,11,14H,1-8H3/t9-,11+,14-/m1/s1. The fourth-order valence-electron chi connectivity index (χ4n) is 2.64. The topological polar surface area (TPSA) is 55.8 Å². The summed E-state index contributed by atoms with van der Waals surface area (Å²) >= 11 is 0. The van der Waals surface area contributed by atoms with Gasteiger partial charge < -0.3 is 9.16 Å². The molecule has 0 N–H and O–H groups in total. The van der Waals surface area contributed by atoms with Crippen molar-refractivity contribution in [3.8, 4) is 0 Å². The molecule has 0 saturated carbocycles. The lowest BCUT2D eigenvalue weighted by atomic mass is 9.92. The number of hydrogen-bond acceptors (Lipinski definition) is 6. The summed E-state index contributed by atoms with van der Waals surface area (Å²) < 4.78 is 11.3. The van der Waals surface area contributed by atoms with E-state index < -0.39 is 14.3 Å². The average Bonchev–Trinajstić information content (AvgIpc) is 2.45. The van der Waals surface area contributed by atoms with Gasteiger partial charge in [0.25, 0.3) is 0 Å². The maximum Gasteiger partial charge on any atom is 0.355 e. The molecule has 2 aliphatic heterocycles. The van der Waals surface area contributed by atoms with Crippen molar-refractivity contribution in [2.45, 2.75) is 64.2 Å². The van der Waals surface area contributed by atoms with Crippen molar-refractivity contribution in [2.75, 3.05) is 7.11 Å². The van der Waals surface area contributed by atoms with Gasteiger partial charge in [-0.25, -0.2) is 4.79 Å². The molecule has 0 bridgehead atoms. The number of methoxy groups -OCH3 is 1. The van der Waals surface area contributed by atoms with E-state index in [1.165, 1.54) is 17.9 Å². The maximum atomic E-state index is 12.7. The van der Waals surface area contributed by atoms with Crippen LogP contribution in [0.25, 0.3) is 0 Å². The van der Waals surface area contributed by atoms with E-state index in [9.17, 15) is 9.59 Å². The fourth-order valence-corrected chi connectivity index (χ4v) is 6.91. The van der Waals surface area contributed by atoms with Gasteiger partial charge in [-0.05, 0) is 32.0 Å². The van der Waals surface area contributed by atoms with Gasteiger partial charge in [0, 0.05) is 4.91 Å². The number of fused-ring (bicyclic) bond motifs is 1. The molecule has 0 radical (unpaired) electrons. The highest BCUT2D eigenvalue weighted by molar-refractivity contribution is 8.78. The molecule has 2 aliphatic rings. The van der Waals surface area contributed by atoms with Crippen LogP contribution in [0.5, 0.6) is 0 Å². The van der Waals surface area contributed by atoms with Crippen molar-refractivity contribution in [2.24, 2.45) is 5.92 Å². The Kier molecular flexibility index (Phi) is 5.55. The van der Waals surface area contributed by atoms with Gasteiger partial charge in [0.2, 0.25) is 5.91 Å². The lowest BCUT2D eigenvalue weighted by molar-refractivity contribution is -0.157. The molecule has 1 saturated heterocycles. The van der Waals surface area contributed by atoms with E-state index >= 15 is 0 Å². The fraction of sp³-hybridized carbons (Fsp3) is 0.750. The zero-order chi connectivity index (χ0) is 18.4. The number of amides is 1. The molecule has 0 aliphatic carbocycles. The summed E-state index contributed by atoms with van der Waals surface area (Å²) in [5.41, 5.74) is 0.382. The summed E-state index contributed by atoms with van der Waals surface area (Å²) in [7, 11) is 2.55. The maximum absolute atomic E-state index is 12.7. The third kappa shape index (κ3) is 3.30. The predicted octanol–water partition coefficient (Wildman–Crippen LogP) is 3.98. The Balaban J connectivity index is 2.17. The van der Waals surface area contributed by atoms with Crippen LogP contribution in [-0.4, -0.2) is 43.7 Å². The number of β-lactam (4-membered cyclic amide) rings is 1. The molecule has 1 fully saturated rings. The third-order valence-corrected chi connectivity index (χ3v) is 12.5. The van der Waals surface area contributed by atoms with Crippen LogP contribution in [0.3, 0.4) is 0 Å². The molecule has 0 aromatic rings. The van der Waals surface area contributed by atoms with E-state index in [0.29, 0.717) is 5.70 Å². The molecule has 1 amide bonds. The zero-order valence-corrected chi connectivity index (χ0v) is 18.3. The Morgan fingerprint density at radius 3 is 2.42 bits per heavy atom. The van der Waals surface area contributed by atoms with Gasteiger partial charge in [-0.15, -0.1) is 0 Å². The predicted molar refractivity (Wildman–Crippen MR) is 102 cm³/mol. The molecule has 0 unspecified atom stereocenters. The summed E-state index contributed by atoms with van der Waals surface area (Å²) in [5.74, 6) is -0.710. The van der Waals surface area contributed by atoms with Crippen LogP contribution in [0.1, 0.15) is 34.6 Å². The first-order valence-corrected chi connectivity index (χ1v) is 13.2. The largest absolute Gasteiger partial charge is 0.464 e. The number of hydrogen-bond donors (Lipinski definition) is 0. The summed E-state index contributed by atoms with van der Waals surface area (Å²) in [6.45, 7) is 14.8. The number of allylic oxidation sites excluding steroid dienone is 1. The second kappa shape index (κ2) is 6.70. The zero-order valence-electron chi connectivity index (χ0n) is 15.6. The summed E-state index contributed by atoms with van der Waals surface area (Å²) in [6.07, 6.45) is -0.162. The normalized spacial score (nSPS) is 26.0. The first-order valence-electron chi connectivity index (χ1n) is 8.06. The monoisotopic (exact) mass is 389 g/mol. The Morgan fingerprint density at radius 1 is 1.33 bits per heavy atom. The second-order valence-electron chi connectivity index (χ2n) is 7.78. The lowest BCUT2D eigenvalue weighted by Crippen LogP contribution is -2.65. The molecule has 0 aromatic carbocycles. The first kappa shape index (κ1) is 19.9. The summed E-state index contributed by atoms with van der Waals surface area (Å²) in [4.78, 5) is 27.2. The van der Waals surface area contributed by atoms with Gasteiger partial charge in [-0.1, -0.05) is 42.4 Å².